The van der Waals surface area contributed by atoms with Gasteiger partial charge >= 0.3 is 0 Å². The smallest absolute Gasteiger partial charge is 0.272 e. The zero-order chi connectivity index (χ0) is 13.2. The van der Waals surface area contributed by atoms with Gasteiger partial charge in [0.1, 0.15) is 5.69 Å². The molecule has 1 aliphatic heterocycles. The summed E-state index contributed by atoms with van der Waals surface area (Å²) in [5.74, 6) is -0.108. The summed E-state index contributed by atoms with van der Waals surface area (Å²) in [6, 6.07) is 1.37. The molecule has 6 nitrogen and oxygen atoms in total. The number of aryl methyl sites for hydroxylation is 1. The van der Waals surface area contributed by atoms with Crippen LogP contribution in [0.15, 0.2) is 12.3 Å². The van der Waals surface area contributed by atoms with Crippen LogP contribution in [0.5, 0.6) is 0 Å². The molecule has 0 saturated carbocycles. The van der Waals surface area contributed by atoms with Crippen molar-refractivity contribution < 1.29 is 13.2 Å². The maximum Gasteiger partial charge on any atom is 0.272 e. The first-order chi connectivity index (χ1) is 8.50. The Labute approximate surface area is 106 Å². The van der Waals surface area contributed by atoms with E-state index in [-0.39, 0.29) is 23.5 Å². The Kier molecular flexibility index (Phi) is 3.70. The molecule has 0 spiro atoms. The number of hydrogen-bond acceptors (Lipinski definition) is 4. The third-order valence-electron chi connectivity index (χ3n) is 2.89. The molecule has 7 heteroatoms. The molecule has 18 heavy (non-hydrogen) atoms. The molecule has 0 radical (unpaired) electrons. The number of sulfone groups is 1. The summed E-state index contributed by atoms with van der Waals surface area (Å²) in [4.78, 5) is 11.8. The third kappa shape index (κ3) is 3.10. The lowest BCUT2D eigenvalue weighted by atomic mass is 10.2. The van der Waals surface area contributed by atoms with Crippen molar-refractivity contribution in [2.75, 3.05) is 11.5 Å². The van der Waals surface area contributed by atoms with E-state index in [1.807, 2.05) is 6.92 Å². The Morgan fingerprint density at radius 1 is 1.61 bits per heavy atom. The van der Waals surface area contributed by atoms with Crippen molar-refractivity contribution in [3.05, 3.63) is 18.0 Å². The molecule has 0 aliphatic carbocycles. The van der Waals surface area contributed by atoms with Gasteiger partial charge in [-0.3, -0.25) is 9.48 Å². The van der Waals surface area contributed by atoms with Gasteiger partial charge in [0.15, 0.2) is 9.84 Å². The van der Waals surface area contributed by atoms with E-state index in [1.54, 1.807) is 16.9 Å². The lowest BCUT2D eigenvalue weighted by molar-refractivity contribution is 0.0935. The number of aromatic nitrogens is 2. The summed E-state index contributed by atoms with van der Waals surface area (Å²) in [5, 5.41) is 6.85. The topological polar surface area (TPSA) is 81.1 Å². The molecule has 1 aromatic heterocycles. The van der Waals surface area contributed by atoms with E-state index in [1.165, 1.54) is 0 Å². The summed E-state index contributed by atoms with van der Waals surface area (Å²) in [6.07, 6.45) is 3.19. The molecule has 1 aliphatic rings. The van der Waals surface area contributed by atoms with Crippen LogP contribution in [0.4, 0.5) is 0 Å². The summed E-state index contributed by atoms with van der Waals surface area (Å²) < 4.78 is 24.3. The zero-order valence-electron chi connectivity index (χ0n) is 10.3. The number of carbonyl (C=O) groups is 1. The van der Waals surface area contributed by atoms with Crippen LogP contribution in [-0.4, -0.2) is 41.7 Å². The standard InChI is InChI=1S/C11H17N3O3S/c1-2-5-14-6-3-10(13-14)11(15)12-9-4-7-18(16,17)8-9/h3,6,9H,2,4-5,7-8H2,1H3,(H,12,15). The molecule has 0 aromatic carbocycles. The van der Waals surface area contributed by atoms with Gasteiger partial charge in [-0.15, -0.1) is 0 Å². The highest BCUT2D eigenvalue weighted by Crippen LogP contribution is 2.11. The Morgan fingerprint density at radius 3 is 3.00 bits per heavy atom. The van der Waals surface area contributed by atoms with Gasteiger partial charge in [0, 0.05) is 18.8 Å². The van der Waals surface area contributed by atoms with Crippen molar-refractivity contribution in [2.45, 2.75) is 32.4 Å². The molecule has 1 atom stereocenters. The maximum absolute atomic E-state index is 11.8. The van der Waals surface area contributed by atoms with E-state index < -0.39 is 9.84 Å². The van der Waals surface area contributed by atoms with Crippen LogP contribution in [0, 0.1) is 0 Å². The van der Waals surface area contributed by atoms with E-state index in [9.17, 15) is 13.2 Å². The van der Waals surface area contributed by atoms with E-state index in [0.29, 0.717) is 12.1 Å². The lowest BCUT2D eigenvalue weighted by Gasteiger charge is -2.08. The Morgan fingerprint density at radius 2 is 2.39 bits per heavy atom. The number of hydrogen-bond donors (Lipinski definition) is 1. The van der Waals surface area contributed by atoms with Crippen molar-refractivity contribution in [2.24, 2.45) is 0 Å². The molecule has 0 bridgehead atoms. The minimum absolute atomic E-state index is 0.0361. The molecule has 100 valence electrons. The molecular formula is C11H17N3O3S. The Balaban J connectivity index is 1.95. The molecule has 2 heterocycles. The van der Waals surface area contributed by atoms with Crippen LogP contribution in [0.25, 0.3) is 0 Å². The van der Waals surface area contributed by atoms with Crippen LogP contribution in [0.3, 0.4) is 0 Å². The average molecular weight is 271 g/mol. The van der Waals surface area contributed by atoms with Crippen molar-refractivity contribution in [1.82, 2.24) is 15.1 Å². The van der Waals surface area contributed by atoms with Crippen molar-refractivity contribution in [1.29, 1.82) is 0 Å². The quantitative estimate of drug-likeness (QED) is 0.849. The van der Waals surface area contributed by atoms with Gasteiger partial charge in [-0.25, -0.2) is 8.42 Å². The highest BCUT2D eigenvalue weighted by Gasteiger charge is 2.29. The highest BCUT2D eigenvalue weighted by atomic mass is 32.2. The predicted octanol–water partition coefficient (Wildman–Crippen LogP) is 0.210. The number of nitrogens with one attached hydrogen (secondary N) is 1. The van der Waals surface area contributed by atoms with Crippen LogP contribution in [0.2, 0.25) is 0 Å². The summed E-state index contributed by atoms with van der Waals surface area (Å²) in [5.41, 5.74) is 0.341. The normalized spacial score (nSPS) is 21.9. The van der Waals surface area contributed by atoms with E-state index in [2.05, 4.69) is 10.4 Å². The van der Waals surface area contributed by atoms with Gasteiger partial charge in [0.2, 0.25) is 0 Å². The highest BCUT2D eigenvalue weighted by molar-refractivity contribution is 7.91. The summed E-state index contributed by atoms with van der Waals surface area (Å²) in [7, 11) is -2.97. The summed E-state index contributed by atoms with van der Waals surface area (Å²) in [6.45, 7) is 2.80. The fourth-order valence-corrected chi connectivity index (χ4v) is 3.68. The minimum Gasteiger partial charge on any atom is -0.347 e. The second kappa shape index (κ2) is 5.09. The average Bonchev–Trinajstić information content (AvgIpc) is 2.86. The van der Waals surface area contributed by atoms with Gasteiger partial charge in [-0.05, 0) is 18.9 Å². The molecule has 2 rings (SSSR count). The molecule has 1 aromatic rings. The van der Waals surface area contributed by atoms with Gasteiger partial charge < -0.3 is 5.32 Å². The second-order valence-corrected chi connectivity index (χ2v) is 6.77. The molecule has 1 fully saturated rings. The van der Waals surface area contributed by atoms with Crippen LogP contribution >= 0.6 is 0 Å². The van der Waals surface area contributed by atoms with Gasteiger partial charge in [-0.2, -0.15) is 5.10 Å². The fourth-order valence-electron chi connectivity index (χ4n) is 2.00. The monoisotopic (exact) mass is 271 g/mol. The van der Waals surface area contributed by atoms with Crippen molar-refractivity contribution in [3.63, 3.8) is 0 Å². The molecule has 1 amide bonds. The molecule has 1 unspecified atom stereocenters. The molecule has 1 saturated heterocycles. The number of rotatable bonds is 4. The minimum atomic E-state index is -2.97. The fraction of sp³-hybridized carbons (Fsp3) is 0.636. The van der Waals surface area contributed by atoms with Crippen LogP contribution in [0.1, 0.15) is 30.3 Å². The molecular weight excluding hydrogens is 254 g/mol. The maximum atomic E-state index is 11.8. The number of nitrogens with zero attached hydrogens (tertiary/aromatic N) is 2. The first-order valence-corrected chi connectivity index (χ1v) is 7.87. The van der Waals surface area contributed by atoms with E-state index in [4.69, 9.17) is 0 Å². The lowest BCUT2D eigenvalue weighted by Crippen LogP contribution is -2.35. The SMILES string of the molecule is CCCn1ccc(C(=O)NC2CCS(=O)(=O)C2)n1. The van der Waals surface area contributed by atoms with Gasteiger partial charge in [-0.1, -0.05) is 6.92 Å². The van der Waals surface area contributed by atoms with Gasteiger partial charge in [0.25, 0.3) is 5.91 Å². The zero-order valence-corrected chi connectivity index (χ0v) is 11.1. The van der Waals surface area contributed by atoms with E-state index in [0.717, 1.165) is 13.0 Å². The Hall–Kier alpha value is -1.37. The van der Waals surface area contributed by atoms with Gasteiger partial charge in [0.05, 0.1) is 11.5 Å². The predicted molar refractivity (Wildman–Crippen MR) is 67.0 cm³/mol. The first kappa shape index (κ1) is 13.1. The number of amides is 1. The Bertz CT molecular complexity index is 535. The second-order valence-electron chi connectivity index (χ2n) is 4.54. The first-order valence-electron chi connectivity index (χ1n) is 6.05. The van der Waals surface area contributed by atoms with Crippen LogP contribution < -0.4 is 5.32 Å². The largest absolute Gasteiger partial charge is 0.347 e. The van der Waals surface area contributed by atoms with Crippen LogP contribution in [-0.2, 0) is 16.4 Å². The number of carbonyl (C=O) groups excluding carboxylic acids is 1. The van der Waals surface area contributed by atoms with Crippen molar-refractivity contribution >= 4 is 15.7 Å². The van der Waals surface area contributed by atoms with Crippen molar-refractivity contribution in [3.8, 4) is 0 Å². The molecule has 1 N–H and O–H groups in total. The third-order valence-corrected chi connectivity index (χ3v) is 4.66. The summed E-state index contributed by atoms with van der Waals surface area (Å²) >= 11 is 0. The van der Waals surface area contributed by atoms with E-state index >= 15 is 0 Å².